The molecule has 1 fully saturated rings. The van der Waals surface area contributed by atoms with Gasteiger partial charge in [-0.15, -0.1) is 0 Å². The van der Waals surface area contributed by atoms with Crippen molar-refractivity contribution in [3.05, 3.63) is 82.9 Å². The molecule has 0 amide bonds. The van der Waals surface area contributed by atoms with Crippen LogP contribution in [0.3, 0.4) is 0 Å². The molecule has 6 heteroatoms. The minimum Gasteiger partial charge on any atom is -0.489 e. The van der Waals surface area contributed by atoms with E-state index in [4.69, 9.17) is 10.5 Å². The van der Waals surface area contributed by atoms with Crippen LogP contribution >= 0.6 is 0 Å². The van der Waals surface area contributed by atoms with Crippen LogP contribution in [0.2, 0.25) is 0 Å². The second-order valence-corrected chi connectivity index (χ2v) is 8.01. The fourth-order valence-electron chi connectivity index (χ4n) is 3.56. The third-order valence-electron chi connectivity index (χ3n) is 5.63. The van der Waals surface area contributed by atoms with Gasteiger partial charge in [-0.25, -0.2) is 4.98 Å². The number of benzene rings is 1. The molecule has 0 radical (unpaired) electrons. The van der Waals surface area contributed by atoms with Gasteiger partial charge in [0.25, 0.3) is 5.56 Å². The molecule has 1 aliphatic heterocycles. The summed E-state index contributed by atoms with van der Waals surface area (Å²) in [6.07, 6.45) is 3.44. The molecule has 2 N–H and O–H groups in total. The highest BCUT2D eigenvalue weighted by atomic mass is 16.5. The van der Waals surface area contributed by atoms with Gasteiger partial charge in [-0.3, -0.25) is 9.36 Å². The molecule has 0 aliphatic carbocycles. The standard InChI is InChI=1S/C23H26N4O2/c1-17-14-26(16-23(17,2)24)21-9-8-19(13-25-21)27-11-10-20(12-22(27)28)29-15-18-6-4-3-5-7-18/h3-13,17H,14-16,24H2,1-2H3/t17-,23-/m0/s1. The van der Waals surface area contributed by atoms with Gasteiger partial charge in [0.2, 0.25) is 0 Å². The maximum atomic E-state index is 12.5. The Morgan fingerprint density at radius 2 is 2.00 bits per heavy atom. The summed E-state index contributed by atoms with van der Waals surface area (Å²) < 4.78 is 7.29. The maximum absolute atomic E-state index is 12.5. The van der Waals surface area contributed by atoms with Crippen LogP contribution in [0.15, 0.2) is 71.8 Å². The number of nitrogens with zero attached hydrogens (tertiary/aromatic N) is 3. The summed E-state index contributed by atoms with van der Waals surface area (Å²) >= 11 is 0. The molecule has 0 spiro atoms. The maximum Gasteiger partial charge on any atom is 0.258 e. The highest BCUT2D eigenvalue weighted by Gasteiger charge is 2.37. The van der Waals surface area contributed by atoms with E-state index < -0.39 is 0 Å². The molecule has 4 rings (SSSR count). The fourth-order valence-corrected chi connectivity index (χ4v) is 3.56. The van der Waals surface area contributed by atoms with Crippen LogP contribution < -0.4 is 20.9 Å². The van der Waals surface area contributed by atoms with E-state index in [1.54, 1.807) is 23.0 Å². The van der Waals surface area contributed by atoms with E-state index in [2.05, 4.69) is 23.7 Å². The molecule has 0 bridgehead atoms. The van der Waals surface area contributed by atoms with Crippen molar-refractivity contribution in [1.82, 2.24) is 9.55 Å². The lowest BCUT2D eigenvalue weighted by atomic mass is 9.92. The fraction of sp³-hybridized carbons (Fsp3) is 0.304. The Bertz CT molecular complexity index is 1030. The van der Waals surface area contributed by atoms with Gasteiger partial charge in [-0.05, 0) is 36.6 Å². The van der Waals surface area contributed by atoms with Crippen LogP contribution in [0.5, 0.6) is 5.75 Å². The predicted molar refractivity (Wildman–Crippen MR) is 115 cm³/mol. The molecule has 0 saturated carbocycles. The first-order valence-electron chi connectivity index (χ1n) is 9.82. The Morgan fingerprint density at radius 1 is 1.21 bits per heavy atom. The average molecular weight is 390 g/mol. The van der Waals surface area contributed by atoms with Crippen molar-refractivity contribution in [2.75, 3.05) is 18.0 Å². The Balaban J connectivity index is 1.46. The molecule has 29 heavy (non-hydrogen) atoms. The quantitative estimate of drug-likeness (QED) is 0.725. The molecule has 2 aromatic heterocycles. The lowest BCUT2D eigenvalue weighted by molar-refractivity contribution is 0.305. The second kappa shape index (κ2) is 7.72. The number of aromatic nitrogens is 2. The summed E-state index contributed by atoms with van der Waals surface area (Å²) in [5, 5.41) is 0. The van der Waals surface area contributed by atoms with Crippen LogP contribution in [-0.2, 0) is 6.61 Å². The molecular formula is C23H26N4O2. The first-order valence-corrected chi connectivity index (χ1v) is 9.82. The number of hydrogen-bond donors (Lipinski definition) is 1. The summed E-state index contributed by atoms with van der Waals surface area (Å²) in [4.78, 5) is 19.3. The molecule has 2 atom stereocenters. The minimum absolute atomic E-state index is 0.158. The van der Waals surface area contributed by atoms with Crippen molar-refractivity contribution in [3.8, 4) is 11.4 Å². The Labute approximate surface area is 170 Å². The average Bonchev–Trinajstić information content (AvgIpc) is 3.00. The van der Waals surface area contributed by atoms with Crippen LogP contribution in [0.25, 0.3) is 5.69 Å². The molecule has 1 saturated heterocycles. The lowest BCUT2D eigenvalue weighted by Gasteiger charge is -2.22. The number of ether oxygens (including phenoxy) is 1. The normalized spacial score (nSPS) is 21.3. The molecule has 6 nitrogen and oxygen atoms in total. The topological polar surface area (TPSA) is 73.4 Å². The molecule has 1 aromatic carbocycles. The van der Waals surface area contributed by atoms with Gasteiger partial charge in [0.05, 0.1) is 11.9 Å². The summed E-state index contributed by atoms with van der Waals surface area (Å²) in [6.45, 7) is 6.32. The Hall–Kier alpha value is -3.12. The van der Waals surface area contributed by atoms with Crippen LogP contribution in [0.4, 0.5) is 5.82 Å². The van der Waals surface area contributed by atoms with Gasteiger partial charge in [0.15, 0.2) is 0 Å². The van der Waals surface area contributed by atoms with Crippen molar-refractivity contribution in [2.24, 2.45) is 11.7 Å². The van der Waals surface area contributed by atoms with Gasteiger partial charge < -0.3 is 15.4 Å². The molecule has 3 heterocycles. The smallest absolute Gasteiger partial charge is 0.258 e. The first kappa shape index (κ1) is 19.2. The highest BCUT2D eigenvalue weighted by Crippen LogP contribution is 2.28. The zero-order valence-electron chi connectivity index (χ0n) is 16.8. The van der Waals surface area contributed by atoms with E-state index in [0.29, 0.717) is 18.3 Å². The second-order valence-electron chi connectivity index (χ2n) is 8.01. The van der Waals surface area contributed by atoms with Gasteiger partial charge in [-0.1, -0.05) is 37.3 Å². The van der Waals surface area contributed by atoms with Crippen LogP contribution in [0, 0.1) is 5.92 Å². The SMILES string of the molecule is C[C@H]1CN(c2ccc(-n3ccc(OCc4ccccc4)cc3=O)cn2)C[C@]1(C)N. The lowest BCUT2D eigenvalue weighted by Crippen LogP contribution is -2.43. The third kappa shape index (κ3) is 4.17. The predicted octanol–water partition coefficient (Wildman–Crippen LogP) is 2.99. The van der Waals surface area contributed by atoms with Gasteiger partial charge in [0.1, 0.15) is 18.2 Å². The molecule has 3 aromatic rings. The van der Waals surface area contributed by atoms with E-state index in [-0.39, 0.29) is 11.1 Å². The molecule has 0 unspecified atom stereocenters. The van der Waals surface area contributed by atoms with Crippen molar-refractivity contribution >= 4 is 5.82 Å². The number of nitrogens with two attached hydrogens (primary N) is 1. The zero-order valence-corrected chi connectivity index (χ0v) is 16.8. The summed E-state index contributed by atoms with van der Waals surface area (Å²) in [7, 11) is 0. The van der Waals surface area contributed by atoms with Gasteiger partial charge in [-0.2, -0.15) is 0 Å². The summed E-state index contributed by atoms with van der Waals surface area (Å²) in [6, 6.07) is 17.0. The van der Waals surface area contributed by atoms with E-state index in [1.165, 1.54) is 6.07 Å². The number of rotatable bonds is 5. The molecular weight excluding hydrogens is 364 g/mol. The van der Waals surface area contributed by atoms with Gasteiger partial charge in [0, 0.05) is 30.9 Å². The van der Waals surface area contributed by atoms with Crippen LogP contribution in [-0.4, -0.2) is 28.2 Å². The largest absolute Gasteiger partial charge is 0.489 e. The molecule has 150 valence electrons. The van der Waals surface area contributed by atoms with Crippen molar-refractivity contribution in [3.63, 3.8) is 0 Å². The highest BCUT2D eigenvalue weighted by molar-refractivity contribution is 5.45. The van der Waals surface area contributed by atoms with Gasteiger partial charge >= 0.3 is 0 Å². The zero-order chi connectivity index (χ0) is 20.4. The molecule has 1 aliphatic rings. The summed E-state index contributed by atoms with van der Waals surface area (Å²) in [5.41, 5.74) is 7.74. The Kier molecular flexibility index (Phi) is 5.11. The van der Waals surface area contributed by atoms with E-state index in [0.717, 1.165) is 30.2 Å². The minimum atomic E-state index is -0.215. The van der Waals surface area contributed by atoms with E-state index in [1.807, 2.05) is 42.5 Å². The van der Waals surface area contributed by atoms with Crippen molar-refractivity contribution in [1.29, 1.82) is 0 Å². The number of hydrogen-bond acceptors (Lipinski definition) is 5. The van der Waals surface area contributed by atoms with Crippen LogP contribution in [0.1, 0.15) is 19.4 Å². The van der Waals surface area contributed by atoms with E-state index >= 15 is 0 Å². The van der Waals surface area contributed by atoms with E-state index in [9.17, 15) is 4.79 Å². The summed E-state index contributed by atoms with van der Waals surface area (Å²) in [5.74, 6) is 1.83. The van der Waals surface area contributed by atoms with Crippen molar-refractivity contribution in [2.45, 2.75) is 26.0 Å². The van der Waals surface area contributed by atoms with Crippen molar-refractivity contribution < 1.29 is 4.74 Å². The number of pyridine rings is 2. The Morgan fingerprint density at radius 3 is 2.62 bits per heavy atom. The monoisotopic (exact) mass is 390 g/mol. The number of anilines is 1. The third-order valence-corrected chi connectivity index (χ3v) is 5.63. The first-order chi connectivity index (χ1) is 13.9.